The van der Waals surface area contributed by atoms with Gasteiger partial charge in [0, 0.05) is 5.02 Å². The summed E-state index contributed by atoms with van der Waals surface area (Å²) in [6.07, 6.45) is 2.67. The lowest BCUT2D eigenvalue weighted by atomic mass is 10.1. The Morgan fingerprint density at radius 3 is 2.57 bits per heavy atom. The second-order valence-electron chi connectivity index (χ2n) is 4.83. The molecule has 0 saturated heterocycles. The summed E-state index contributed by atoms with van der Waals surface area (Å²) in [5, 5.41) is 11.0. The molecule has 0 radical (unpaired) electrons. The van der Waals surface area contributed by atoms with Crippen LogP contribution in [-0.2, 0) is 0 Å². The maximum Gasteiger partial charge on any atom is 0.351 e. The van der Waals surface area contributed by atoms with Gasteiger partial charge in [0.2, 0.25) is 0 Å². The first-order valence-corrected chi connectivity index (χ1v) is 7.17. The molecule has 0 amide bonds. The number of carbonyl (C=O) groups excluding carboxylic acids is 1. The van der Waals surface area contributed by atoms with Crippen LogP contribution in [0.5, 0.6) is 5.75 Å². The van der Waals surface area contributed by atoms with Gasteiger partial charge in [0.1, 0.15) is 16.9 Å². The lowest BCUT2D eigenvalue weighted by molar-refractivity contribution is 0.104. The topological polar surface area (TPSA) is 67.5 Å². The molecule has 3 aromatic rings. The minimum absolute atomic E-state index is 0.224. The quantitative estimate of drug-likeness (QED) is 0.448. The molecule has 0 aliphatic heterocycles. The standard InChI is InChI=1S/C18H11ClO4/c19-13-7-3-1-5-11(13)9-10-14(20)16-17(21)12-6-2-4-8-15(12)23-18(16)22/h1-10,21H/b10-9+. The third kappa shape index (κ3) is 2.89. The molecule has 0 bridgehead atoms. The smallest absolute Gasteiger partial charge is 0.351 e. The first kappa shape index (κ1) is 15.1. The summed E-state index contributed by atoms with van der Waals surface area (Å²) >= 11 is 6.00. The predicted molar refractivity (Wildman–Crippen MR) is 89.0 cm³/mol. The zero-order chi connectivity index (χ0) is 16.4. The SMILES string of the molecule is O=C(/C=C/c1ccccc1Cl)c1c(O)c2ccccc2oc1=O. The van der Waals surface area contributed by atoms with Crippen molar-refractivity contribution in [1.29, 1.82) is 0 Å². The number of allylic oxidation sites excluding steroid dienone is 1. The molecule has 0 aliphatic carbocycles. The van der Waals surface area contributed by atoms with Crippen molar-refractivity contribution in [2.45, 2.75) is 0 Å². The maximum atomic E-state index is 12.3. The summed E-state index contributed by atoms with van der Waals surface area (Å²) in [4.78, 5) is 24.2. The van der Waals surface area contributed by atoms with E-state index in [2.05, 4.69) is 0 Å². The van der Waals surface area contributed by atoms with E-state index in [0.29, 0.717) is 16.0 Å². The van der Waals surface area contributed by atoms with Gasteiger partial charge in [0.05, 0.1) is 5.39 Å². The normalized spacial score (nSPS) is 11.2. The van der Waals surface area contributed by atoms with E-state index in [1.165, 1.54) is 12.2 Å². The number of hydrogen-bond acceptors (Lipinski definition) is 4. The number of carbonyl (C=O) groups is 1. The first-order valence-electron chi connectivity index (χ1n) is 6.79. The van der Waals surface area contributed by atoms with E-state index >= 15 is 0 Å². The highest BCUT2D eigenvalue weighted by molar-refractivity contribution is 6.32. The van der Waals surface area contributed by atoms with Gasteiger partial charge in [-0.1, -0.05) is 41.9 Å². The molecule has 3 rings (SSSR count). The third-order valence-electron chi connectivity index (χ3n) is 3.35. The summed E-state index contributed by atoms with van der Waals surface area (Å²) in [6.45, 7) is 0. The van der Waals surface area contributed by atoms with E-state index in [1.54, 1.807) is 48.5 Å². The van der Waals surface area contributed by atoms with Crippen molar-refractivity contribution in [2.75, 3.05) is 0 Å². The molecule has 0 atom stereocenters. The molecule has 0 spiro atoms. The molecule has 0 saturated carbocycles. The molecule has 2 aromatic carbocycles. The molecule has 114 valence electrons. The minimum Gasteiger partial charge on any atom is -0.506 e. The number of para-hydroxylation sites is 1. The lowest BCUT2D eigenvalue weighted by Gasteiger charge is -2.03. The van der Waals surface area contributed by atoms with Crippen LogP contribution in [0, 0.1) is 0 Å². The molecule has 1 heterocycles. The van der Waals surface area contributed by atoms with Crippen LogP contribution in [0.2, 0.25) is 5.02 Å². The van der Waals surface area contributed by atoms with Crippen LogP contribution in [-0.4, -0.2) is 10.9 Å². The van der Waals surface area contributed by atoms with Crippen LogP contribution in [0.15, 0.2) is 63.8 Å². The van der Waals surface area contributed by atoms with Crippen LogP contribution in [0.25, 0.3) is 17.0 Å². The highest BCUT2D eigenvalue weighted by Crippen LogP contribution is 2.26. The zero-order valence-electron chi connectivity index (χ0n) is 11.8. The fraction of sp³-hybridized carbons (Fsp3) is 0. The number of fused-ring (bicyclic) bond motifs is 1. The molecule has 5 heteroatoms. The van der Waals surface area contributed by atoms with Crippen molar-refractivity contribution in [1.82, 2.24) is 0 Å². The van der Waals surface area contributed by atoms with Crippen molar-refractivity contribution in [2.24, 2.45) is 0 Å². The second kappa shape index (κ2) is 6.10. The van der Waals surface area contributed by atoms with E-state index < -0.39 is 17.0 Å². The number of rotatable bonds is 3. The second-order valence-corrected chi connectivity index (χ2v) is 5.24. The largest absolute Gasteiger partial charge is 0.506 e. The highest BCUT2D eigenvalue weighted by atomic mass is 35.5. The minimum atomic E-state index is -0.880. The Balaban J connectivity index is 2.05. The van der Waals surface area contributed by atoms with E-state index in [9.17, 15) is 14.7 Å². The van der Waals surface area contributed by atoms with Crippen LogP contribution in [0.1, 0.15) is 15.9 Å². The molecule has 0 unspecified atom stereocenters. The summed E-state index contributed by atoms with van der Waals surface area (Å²) in [6, 6.07) is 13.4. The van der Waals surface area contributed by atoms with Gasteiger partial charge in [-0.05, 0) is 35.9 Å². The Bertz CT molecular complexity index is 986. The Kier molecular flexibility index (Phi) is 4.00. The van der Waals surface area contributed by atoms with Gasteiger partial charge in [-0.3, -0.25) is 4.79 Å². The molecular weight excluding hydrogens is 316 g/mol. The molecule has 0 fully saturated rings. The van der Waals surface area contributed by atoms with Gasteiger partial charge in [-0.15, -0.1) is 0 Å². The Hall–Kier alpha value is -2.85. The van der Waals surface area contributed by atoms with Gasteiger partial charge in [0.15, 0.2) is 5.78 Å². The van der Waals surface area contributed by atoms with Gasteiger partial charge in [-0.2, -0.15) is 0 Å². The van der Waals surface area contributed by atoms with Gasteiger partial charge < -0.3 is 9.52 Å². The van der Waals surface area contributed by atoms with Gasteiger partial charge in [-0.25, -0.2) is 4.79 Å². The fourth-order valence-corrected chi connectivity index (χ4v) is 2.41. The number of ketones is 1. The zero-order valence-corrected chi connectivity index (χ0v) is 12.6. The molecule has 4 nitrogen and oxygen atoms in total. The Morgan fingerprint density at radius 1 is 1.09 bits per heavy atom. The molecule has 0 aliphatic rings. The summed E-state index contributed by atoms with van der Waals surface area (Å²) < 4.78 is 5.07. The summed E-state index contributed by atoms with van der Waals surface area (Å²) in [7, 11) is 0. The van der Waals surface area contributed by atoms with Gasteiger partial charge >= 0.3 is 5.63 Å². The Morgan fingerprint density at radius 2 is 1.78 bits per heavy atom. The highest BCUT2D eigenvalue weighted by Gasteiger charge is 2.18. The van der Waals surface area contributed by atoms with E-state index in [4.69, 9.17) is 16.0 Å². The van der Waals surface area contributed by atoms with Crippen molar-refractivity contribution in [3.63, 3.8) is 0 Å². The predicted octanol–water partition coefficient (Wildman–Crippen LogP) is 4.05. The van der Waals surface area contributed by atoms with Crippen molar-refractivity contribution >= 4 is 34.4 Å². The van der Waals surface area contributed by atoms with E-state index in [1.807, 2.05) is 0 Å². The molecular formula is C18H11ClO4. The molecule has 1 N–H and O–H groups in total. The molecule has 1 aromatic heterocycles. The summed E-state index contributed by atoms with van der Waals surface area (Å²) in [5.41, 5.74) is -0.421. The van der Waals surface area contributed by atoms with Crippen molar-refractivity contribution in [3.8, 4) is 5.75 Å². The number of benzene rings is 2. The van der Waals surface area contributed by atoms with Crippen molar-refractivity contribution < 1.29 is 14.3 Å². The number of aromatic hydroxyl groups is 1. The number of hydrogen-bond donors (Lipinski definition) is 1. The van der Waals surface area contributed by atoms with Gasteiger partial charge in [0.25, 0.3) is 0 Å². The average Bonchev–Trinajstić information content (AvgIpc) is 2.54. The first-order chi connectivity index (χ1) is 11.1. The average molecular weight is 327 g/mol. The number of halogens is 1. The lowest BCUT2D eigenvalue weighted by Crippen LogP contribution is -2.12. The molecule has 23 heavy (non-hydrogen) atoms. The van der Waals surface area contributed by atoms with E-state index in [-0.39, 0.29) is 11.3 Å². The van der Waals surface area contributed by atoms with Crippen LogP contribution in [0.4, 0.5) is 0 Å². The van der Waals surface area contributed by atoms with Crippen LogP contribution in [0.3, 0.4) is 0 Å². The Labute approximate surface area is 136 Å². The monoisotopic (exact) mass is 326 g/mol. The van der Waals surface area contributed by atoms with E-state index in [0.717, 1.165) is 0 Å². The summed E-state index contributed by atoms with van der Waals surface area (Å²) in [5.74, 6) is -1.03. The maximum absolute atomic E-state index is 12.3. The van der Waals surface area contributed by atoms with Crippen LogP contribution < -0.4 is 5.63 Å². The fourth-order valence-electron chi connectivity index (χ4n) is 2.21. The van der Waals surface area contributed by atoms with Crippen LogP contribution >= 0.6 is 11.6 Å². The van der Waals surface area contributed by atoms with Crippen molar-refractivity contribution in [3.05, 3.63) is 81.2 Å². The third-order valence-corrected chi connectivity index (χ3v) is 3.70.